The van der Waals surface area contributed by atoms with Crippen molar-refractivity contribution < 1.29 is 14.5 Å². The summed E-state index contributed by atoms with van der Waals surface area (Å²) in [5.41, 5.74) is 0. The zero-order chi connectivity index (χ0) is 8.97. The molecule has 0 aliphatic rings. The number of aromatic nitrogens is 1. The molecular formula is C9H10NO2+. The Hall–Kier alpha value is -1.64. The second kappa shape index (κ2) is 3.67. The lowest BCUT2D eigenvalue weighted by atomic mass is 10.3. The predicted molar refractivity (Wildman–Crippen MR) is 43.5 cm³/mol. The van der Waals surface area contributed by atoms with Gasteiger partial charge in [0, 0.05) is 12.1 Å². The summed E-state index contributed by atoms with van der Waals surface area (Å²) in [5, 5.41) is 8.73. The molecule has 3 nitrogen and oxygen atoms in total. The van der Waals surface area contributed by atoms with Crippen LogP contribution >= 0.6 is 0 Å². The summed E-state index contributed by atoms with van der Waals surface area (Å²) < 4.78 is 1.58. The van der Waals surface area contributed by atoms with Gasteiger partial charge < -0.3 is 5.11 Å². The van der Waals surface area contributed by atoms with Gasteiger partial charge in [0.25, 0.3) is 6.04 Å². The van der Waals surface area contributed by atoms with Crippen LogP contribution in [-0.4, -0.2) is 11.1 Å². The van der Waals surface area contributed by atoms with Crippen LogP contribution in [0.15, 0.2) is 43.2 Å². The molecule has 0 bridgehead atoms. The molecule has 3 heteroatoms. The third kappa shape index (κ3) is 1.69. The molecule has 1 unspecified atom stereocenters. The van der Waals surface area contributed by atoms with E-state index >= 15 is 0 Å². The highest BCUT2D eigenvalue weighted by molar-refractivity contribution is 5.71. The van der Waals surface area contributed by atoms with Gasteiger partial charge in [-0.1, -0.05) is 12.6 Å². The van der Waals surface area contributed by atoms with Gasteiger partial charge in [0.1, 0.15) is 0 Å². The topological polar surface area (TPSA) is 41.2 Å². The van der Waals surface area contributed by atoms with Crippen LogP contribution in [-0.2, 0) is 4.79 Å². The van der Waals surface area contributed by atoms with Crippen LogP contribution in [0.25, 0.3) is 0 Å². The molecule has 1 atom stereocenters. The molecule has 0 radical (unpaired) electrons. The lowest BCUT2D eigenvalue weighted by molar-refractivity contribution is -0.700. The Labute approximate surface area is 70.6 Å². The van der Waals surface area contributed by atoms with E-state index < -0.39 is 12.0 Å². The predicted octanol–water partition coefficient (Wildman–Crippen LogP) is 0.786. The van der Waals surface area contributed by atoms with Gasteiger partial charge in [-0.3, -0.25) is 0 Å². The summed E-state index contributed by atoms with van der Waals surface area (Å²) >= 11 is 0. The van der Waals surface area contributed by atoms with E-state index in [9.17, 15) is 4.79 Å². The SMILES string of the molecule is C=CC(C(=O)O)[n+]1ccccc1. The van der Waals surface area contributed by atoms with Gasteiger partial charge >= 0.3 is 5.97 Å². The second-order valence-corrected chi connectivity index (χ2v) is 2.34. The van der Waals surface area contributed by atoms with Gasteiger partial charge in [-0.2, -0.15) is 4.57 Å². The quantitative estimate of drug-likeness (QED) is 0.530. The van der Waals surface area contributed by atoms with Crippen LogP contribution in [0.2, 0.25) is 0 Å². The number of aliphatic carboxylic acids is 1. The van der Waals surface area contributed by atoms with Gasteiger partial charge in [0.05, 0.1) is 0 Å². The fourth-order valence-electron chi connectivity index (χ4n) is 0.947. The molecule has 0 amide bonds. The summed E-state index contributed by atoms with van der Waals surface area (Å²) in [4.78, 5) is 10.6. The maximum Gasteiger partial charge on any atom is 0.377 e. The Balaban J connectivity index is 2.95. The number of carboxylic acids is 1. The van der Waals surface area contributed by atoms with E-state index in [0.29, 0.717) is 0 Å². The normalized spacial score (nSPS) is 12.0. The summed E-state index contributed by atoms with van der Waals surface area (Å²) in [6.45, 7) is 3.46. The summed E-state index contributed by atoms with van der Waals surface area (Å²) in [7, 11) is 0. The van der Waals surface area contributed by atoms with E-state index in [1.54, 1.807) is 29.1 Å². The van der Waals surface area contributed by atoms with Crippen LogP contribution in [0.3, 0.4) is 0 Å². The third-order valence-corrected chi connectivity index (χ3v) is 1.54. The molecule has 0 spiro atoms. The van der Waals surface area contributed by atoms with E-state index in [2.05, 4.69) is 6.58 Å². The molecule has 1 rings (SSSR count). The van der Waals surface area contributed by atoms with Gasteiger partial charge in [0.15, 0.2) is 12.4 Å². The molecule has 0 aliphatic carbocycles. The molecule has 1 N–H and O–H groups in total. The van der Waals surface area contributed by atoms with Crippen LogP contribution in [0.1, 0.15) is 6.04 Å². The van der Waals surface area contributed by atoms with Crippen molar-refractivity contribution in [1.29, 1.82) is 0 Å². The van der Waals surface area contributed by atoms with Crippen molar-refractivity contribution in [2.75, 3.05) is 0 Å². The van der Waals surface area contributed by atoms with Gasteiger partial charge in [0.2, 0.25) is 0 Å². The lowest BCUT2D eigenvalue weighted by Crippen LogP contribution is -2.41. The molecule has 0 saturated carbocycles. The van der Waals surface area contributed by atoms with Crippen molar-refractivity contribution in [2.45, 2.75) is 6.04 Å². The zero-order valence-electron chi connectivity index (χ0n) is 6.55. The number of carboxylic acid groups (broad SMARTS) is 1. The average molecular weight is 164 g/mol. The Morgan fingerprint density at radius 3 is 2.42 bits per heavy atom. The van der Waals surface area contributed by atoms with Crippen LogP contribution < -0.4 is 4.57 Å². The first kappa shape index (κ1) is 8.46. The molecule has 12 heavy (non-hydrogen) atoms. The number of hydrogen-bond acceptors (Lipinski definition) is 1. The molecule has 0 aromatic carbocycles. The van der Waals surface area contributed by atoms with Crippen molar-refractivity contribution in [1.82, 2.24) is 0 Å². The van der Waals surface area contributed by atoms with Crippen molar-refractivity contribution in [2.24, 2.45) is 0 Å². The largest absolute Gasteiger partial charge is 0.476 e. The van der Waals surface area contributed by atoms with Crippen molar-refractivity contribution in [3.8, 4) is 0 Å². The molecule has 62 valence electrons. The molecule has 0 aliphatic heterocycles. The molecule has 0 fully saturated rings. The fourth-order valence-corrected chi connectivity index (χ4v) is 0.947. The molecule has 1 heterocycles. The Bertz CT molecular complexity index is 282. The number of nitrogens with zero attached hydrogens (tertiary/aromatic N) is 1. The van der Waals surface area contributed by atoms with E-state index in [4.69, 9.17) is 5.11 Å². The summed E-state index contributed by atoms with van der Waals surface area (Å²) in [5.74, 6) is -0.902. The van der Waals surface area contributed by atoms with E-state index in [0.717, 1.165) is 0 Å². The Morgan fingerprint density at radius 2 is 2.00 bits per heavy atom. The third-order valence-electron chi connectivity index (χ3n) is 1.54. The summed E-state index contributed by atoms with van der Waals surface area (Å²) in [6.07, 6.45) is 4.78. The highest BCUT2D eigenvalue weighted by Crippen LogP contribution is 1.96. The van der Waals surface area contributed by atoms with Crippen molar-refractivity contribution >= 4 is 5.97 Å². The smallest absolute Gasteiger partial charge is 0.377 e. The number of rotatable bonds is 3. The maximum absolute atomic E-state index is 10.6. The number of pyridine rings is 1. The molecular weight excluding hydrogens is 154 g/mol. The highest BCUT2D eigenvalue weighted by Gasteiger charge is 2.21. The van der Waals surface area contributed by atoms with E-state index in [1.807, 2.05) is 6.07 Å². The fraction of sp³-hybridized carbons (Fsp3) is 0.111. The van der Waals surface area contributed by atoms with Gasteiger partial charge in [-0.05, 0) is 6.08 Å². The van der Waals surface area contributed by atoms with Crippen molar-refractivity contribution in [3.63, 3.8) is 0 Å². The van der Waals surface area contributed by atoms with Crippen LogP contribution in [0, 0.1) is 0 Å². The minimum atomic E-state index is -0.902. The second-order valence-electron chi connectivity index (χ2n) is 2.34. The standard InChI is InChI=1S/C9H9NO2/c1-2-8(9(11)12)10-6-4-3-5-7-10/h2-8H,1H2/p+1. The minimum Gasteiger partial charge on any atom is -0.476 e. The summed E-state index contributed by atoms with van der Waals surface area (Å²) in [6, 6.07) is 4.71. The highest BCUT2D eigenvalue weighted by atomic mass is 16.4. The van der Waals surface area contributed by atoms with E-state index in [1.165, 1.54) is 6.08 Å². The van der Waals surface area contributed by atoms with Gasteiger partial charge in [-0.15, -0.1) is 0 Å². The molecule has 1 aromatic heterocycles. The Morgan fingerprint density at radius 1 is 1.42 bits per heavy atom. The van der Waals surface area contributed by atoms with Gasteiger partial charge in [-0.25, -0.2) is 4.79 Å². The molecule has 1 aromatic rings. The average Bonchev–Trinajstić information content (AvgIpc) is 2.07. The monoisotopic (exact) mass is 164 g/mol. The first-order valence-corrected chi connectivity index (χ1v) is 3.57. The lowest BCUT2D eigenvalue weighted by Gasteiger charge is -2.00. The maximum atomic E-state index is 10.6. The van der Waals surface area contributed by atoms with Crippen LogP contribution in [0.5, 0.6) is 0 Å². The number of hydrogen-bond donors (Lipinski definition) is 1. The van der Waals surface area contributed by atoms with E-state index in [-0.39, 0.29) is 0 Å². The molecule has 0 saturated heterocycles. The number of carbonyl (C=O) groups is 1. The zero-order valence-corrected chi connectivity index (χ0v) is 6.55. The van der Waals surface area contributed by atoms with Crippen molar-refractivity contribution in [3.05, 3.63) is 43.2 Å². The van der Waals surface area contributed by atoms with Crippen LogP contribution in [0.4, 0.5) is 0 Å². The Kier molecular flexibility index (Phi) is 2.58. The first-order chi connectivity index (χ1) is 5.75. The first-order valence-electron chi connectivity index (χ1n) is 3.57. The minimum absolute atomic E-state index is 0.675.